The van der Waals surface area contributed by atoms with Crippen LogP contribution >= 0.6 is 24.0 Å². The minimum Gasteiger partial charge on any atom is -0.495 e. The molecule has 0 amide bonds. The van der Waals surface area contributed by atoms with Gasteiger partial charge in [-0.25, -0.2) is 8.78 Å². The predicted molar refractivity (Wildman–Crippen MR) is 115 cm³/mol. The molecule has 3 rings (SSSR count). The Labute approximate surface area is 174 Å². The van der Waals surface area contributed by atoms with Crippen molar-refractivity contribution in [2.45, 2.75) is 6.42 Å². The first kappa shape index (κ1) is 21.2. The molecule has 5 nitrogen and oxygen atoms in total. The maximum atomic E-state index is 13.6. The number of hydrogen-bond donors (Lipinski definition) is 2. The molecule has 2 aromatic carbocycles. The van der Waals surface area contributed by atoms with Gasteiger partial charge in [-0.3, -0.25) is 4.99 Å². The fourth-order valence-corrected chi connectivity index (χ4v) is 3.09. The van der Waals surface area contributed by atoms with Crippen LogP contribution < -0.4 is 20.7 Å². The van der Waals surface area contributed by atoms with E-state index in [9.17, 15) is 8.78 Å². The number of nitrogens with zero attached hydrogens (tertiary/aromatic N) is 2. The molecule has 0 aliphatic carbocycles. The van der Waals surface area contributed by atoms with E-state index in [0.29, 0.717) is 12.5 Å². The number of benzene rings is 2. The zero-order chi connectivity index (χ0) is 18.5. The summed E-state index contributed by atoms with van der Waals surface area (Å²) in [4.78, 5) is 6.54. The number of guanidine groups is 1. The van der Waals surface area contributed by atoms with Crippen LogP contribution in [0.5, 0.6) is 5.75 Å². The minimum atomic E-state index is -0.576. The van der Waals surface area contributed by atoms with Crippen molar-refractivity contribution in [1.82, 2.24) is 0 Å². The van der Waals surface area contributed by atoms with Crippen LogP contribution in [-0.2, 0) is 0 Å². The Bertz CT molecular complexity index is 803. The van der Waals surface area contributed by atoms with Crippen LogP contribution in [0.15, 0.2) is 47.5 Å². The lowest BCUT2D eigenvalue weighted by atomic mass is 10.1. The van der Waals surface area contributed by atoms with Crippen molar-refractivity contribution in [2.24, 2.45) is 16.6 Å². The summed E-state index contributed by atoms with van der Waals surface area (Å²) in [6.07, 6.45) is 0.975. The summed E-state index contributed by atoms with van der Waals surface area (Å²) in [6, 6.07) is 11.1. The molecular weight excluding hydrogens is 465 g/mol. The second kappa shape index (κ2) is 9.72. The number of nitrogens with one attached hydrogen (secondary N) is 1. The summed E-state index contributed by atoms with van der Waals surface area (Å²) in [7, 11) is 1.66. The van der Waals surface area contributed by atoms with Crippen molar-refractivity contribution in [3.8, 4) is 5.75 Å². The monoisotopic (exact) mass is 488 g/mol. The Balaban J connectivity index is 0.00000261. The third-order valence-electron chi connectivity index (χ3n) is 4.42. The van der Waals surface area contributed by atoms with Gasteiger partial charge < -0.3 is 20.7 Å². The van der Waals surface area contributed by atoms with Gasteiger partial charge in [-0.2, -0.15) is 0 Å². The Kier molecular flexibility index (Phi) is 7.64. The minimum absolute atomic E-state index is 0. The standard InChI is InChI=1S/C19H22F2N4O.HI/c1-26-18-5-3-2-4-17(18)25-9-8-13(12-25)11-23-19(22)24-16-10-14(20)6-7-15(16)21;/h2-7,10,13H,8-9,11-12H2,1H3,(H3,22,23,24);1H. The molecule has 0 saturated carbocycles. The Morgan fingerprint density at radius 2 is 2.07 bits per heavy atom. The largest absolute Gasteiger partial charge is 0.495 e. The molecule has 0 aromatic heterocycles. The van der Waals surface area contributed by atoms with E-state index < -0.39 is 11.6 Å². The third-order valence-corrected chi connectivity index (χ3v) is 4.42. The molecule has 3 N–H and O–H groups in total. The normalized spacial score (nSPS) is 16.8. The highest BCUT2D eigenvalue weighted by atomic mass is 127. The van der Waals surface area contributed by atoms with E-state index in [-0.39, 0.29) is 35.6 Å². The molecule has 8 heteroatoms. The SMILES string of the molecule is COc1ccccc1N1CCC(CN=C(N)Nc2cc(F)ccc2F)C1.I. The number of rotatable bonds is 5. The van der Waals surface area contributed by atoms with Gasteiger partial charge in [0.15, 0.2) is 5.96 Å². The van der Waals surface area contributed by atoms with Crippen molar-refractivity contribution < 1.29 is 13.5 Å². The van der Waals surface area contributed by atoms with Crippen LogP contribution in [-0.4, -0.2) is 32.7 Å². The van der Waals surface area contributed by atoms with Gasteiger partial charge in [0.2, 0.25) is 0 Å². The molecule has 1 aliphatic rings. The number of para-hydroxylation sites is 2. The highest BCUT2D eigenvalue weighted by Crippen LogP contribution is 2.32. The molecule has 1 unspecified atom stereocenters. The fraction of sp³-hybridized carbons (Fsp3) is 0.316. The van der Waals surface area contributed by atoms with E-state index in [4.69, 9.17) is 10.5 Å². The van der Waals surface area contributed by atoms with Crippen molar-refractivity contribution in [1.29, 1.82) is 0 Å². The molecule has 1 saturated heterocycles. The number of nitrogens with two attached hydrogens (primary N) is 1. The molecule has 1 atom stereocenters. The predicted octanol–water partition coefficient (Wildman–Crippen LogP) is 3.84. The molecule has 2 aromatic rings. The van der Waals surface area contributed by atoms with Gasteiger partial charge in [-0.15, -0.1) is 24.0 Å². The second-order valence-electron chi connectivity index (χ2n) is 6.25. The van der Waals surface area contributed by atoms with Crippen molar-refractivity contribution in [3.63, 3.8) is 0 Å². The van der Waals surface area contributed by atoms with E-state index >= 15 is 0 Å². The number of ether oxygens (including phenoxy) is 1. The molecule has 0 bridgehead atoms. The first-order valence-corrected chi connectivity index (χ1v) is 8.47. The maximum Gasteiger partial charge on any atom is 0.193 e. The Morgan fingerprint density at radius 1 is 1.30 bits per heavy atom. The van der Waals surface area contributed by atoms with E-state index in [1.807, 2.05) is 24.3 Å². The summed E-state index contributed by atoms with van der Waals surface area (Å²) in [6.45, 7) is 2.26. The zero-order valence-corrected chi connectivity index (χ0v) is 17.3. The van der Waals surface area contributed by atoms with Crippen LogP contribution in [0.2, 0.25) is 0 Å². The molecule has 1 aliphatic heterocycles. The summed E-state index contributed by atoms with van der Waals surface area (Å²) in [5, 5.41) is 2.62. The van der Waals surface area contributed by atoms with Gasteiger partial charge >= 0.3 is 0 Å². The van der Waals surface area contributed by atoms with Crippen LogP contribution in [0.25, 0.3) is 0 Å². The molecular formula is C19H23F2IN4O. The number of methoxy groups -OCH3 is 1. The van der Waals surface area contributed by atoms with Gasteiger partial charge in [0, 0.05) is 25.7 Å². The molecule has 146 valence electrons. The Hall–Kier alpha value is -2.10. The average Bonchev–Trinajstić information content (AvgIpc) is 3.12. The van der Waals surface area contributed by atoms with Gasteiger partial charge in [0.05, 0.1) is 18.5 Å². The average molecular weight is 488 g/mol. The van der Waals surface area contributed by atoms with Gasteiger partial charge in [-0.05, 0) is 36.6 Å². The number of halogens is 3. The van der Waals surface area contributed by atoms with E-state index in [1.54, 1.807) is 7.11 Å². The highest BCUT2D eigenvalue weighted by Gasteiger charge is 2.24. The molecule has 0 spiro atoms. The van der Waals surface area contributed by atoms with Crippen LogP contribution in [0.1, 0.15) is 6.42 Å². The zero-order valence-electron chi connectivity index (χ0n) is 15.0. The van der Waals surface area contributed by atoms with Crippen molar-refractivity contribution in [2.75, 3.05) is 37.0 Å². The third kappa shape index (κ3) is 5.44. The lowest BCUT2D eigenvalue weighted by Crippen LogP contribution is -2.25. The second-order valence-corrected chi connectivity index (χ2v) is 6.25. The van der Waals surface area contributed by atoms with E-state index in [0.717, 1.165) is 49.1 Å². The molecule has 1 fully saturated rings. The lowest BCUT2D eigenvalue weighted by molar-refractivity contribution is 0.414. The van der Waals surface area contributed by atoms with Crippen LogP contribution in [0.3, 0.4) is 0 Å². The van der Waals surface area contributed by atoms with E-state index in [2.05, 4.69) is 15.2 Å². The smallest absolute Gasteiger partial charge is 0.193 e. The van der Waals surface area contributed by atoms with Crippen LogP contribution in [0.4, 0.5) is 20.2 Å². The molecule has 1 heterocycles. The summed E-state index contributed by atoms with van der Waals surface area (Å²) < 4.78 is 32.2. The number of hydrogen-bond acceptors (Lipinski definition) is 3. The maximum absolute atomic E-state index is 13.6. The highest BCUT2D eigenvalue weighted by molar-refractivity contribution is 14.0. The van der Waals surface area contributed by atoms with Crippen LogP contribution in [0, 0.1) is 17.6 Å². The van der Waals surface area contributed by atoms with Gasteiger partial charge in [-0.1, -0.05) is 12.1 Å². The number of anilines is 2. The molecule has 0 radical (unpaired) electrons. The topological polar surface area (TPSA) is 62.9 Å². The molecule has 27 heavy (non-hydrogen) atoms. The summed E-state index contributed by atoms with van der Waals surface area (Å²) in [5.41, 5.74) is 6.85. The quantitative estimate of drug-likeness (QED) is 0.382. The van der Waals surface area contributed by atoms with Crippen molar-refractivity contribution in [3.05, 3.63) is 54.1 Å². The fourth-order valence-electron chi connectivity index (χ4n) is 3.09. The summed E-state index contributed by atoms with van der Waals surface area (Å²) in [5.74, 6) is 0.139. The first-order valence-electron chi connectivity index (χ1n) is 8.47. The summed E-state index contributed by atoms with van der Waals surface area (Å²) >= 11 is 0. The van der Waals surface area contributed by atoms with Crippen molar-refractivity contribution >= 4 is 41.3 Å². The van der Waals surface area contributed by atoms with Gasteiger partial charge in [0.25, 0.3) is 0 Å². The Morgan fingerprint density at radius 3 is 2.85 bits per heavy atom. The number of aliphatic imine (C=N–C) groups is 1. The van der Waals surface area contributed by atoms with Gasteiger partial charge in [0.1, 0.15) is 17.4 Å². The lowest BCUT2D eigenvalue weighted by Gasteiger charge is -2.21. The first-order chi connectivity index (χ1) is 12.6. The van der Waals surface area contributed by atoms with E-state index in [1.165, 1.54) is 0 Å².